The van der Waals surface area contributed by atoms with Crippen molar-refractivity contribution >= 4 is 11.9 Å². The van der Waals surface area contributed by atoms with E-state index in [-0.39, 0.29) is 12.5 Å². The summed E-state index contributed by atoms with van der Waals surface area (Å²) in [7, 11) is 5.03. The summed E-state index contributed by atoms with van der Waals surface area (Å²) in [6.45, 7) is -0.387. The van der Waals surface area contributed by atoms with Crippen molar-refractivity contribution in [1.82, 2.24) is 15.5 Å². The van der Waals surface area contributed by atoms with Gasteiger partial charge in [0.2, 0.25) is 5.91 Å². The van der Waals surface area contributed by atoms with Crippen LogP contribution in [0.2, 0.25) is 0 Å². The molecule has 6 nitrogen and oxygen atoms in total. The second kappa shape index (κ2) is 10.6. The summed E-state index contributed by atoms with van der Waals surface area (Å²) in [6, 6.07) is 7.06. The van der Waals surface area contributed by atoms with Crippen LogP contribution in [0.4, 0.5) is 13.2 Å². The average molecular weight is 374 g/mol. The Labute approximate surface area is 151 Å². The Balaban J connectivity index is 2.35. The van der Waals surface area contributed by atoms with E-state index in [0.717, 1.165) is 5.56 Å². The van der Waals surface area contributed by atoms with Crippen molar-refractivity contribution in [2.75, 3.05) is 34.3 Å². The Morgan fingerprint density at radius 1 is 1.15 bits per heavy atom. The highest BCUT2D eigenvalue weighted by molar-refractivity contribution is 5.81. The minimum atomic E-state index is -4.32. The Morgan fingerprint density at radius 2 is 1.77 bits per heavy atom. The molecule has 0 radical (unpaired) electrons. The van der Waals surface area contributed by atoms with E-state index in [9.17, 15) is 18.0 Å². The van der Waals surface area contributed by atoms with Crippen LogP contribution in [0.1, 0.15) is 17.5 Å². The first kappa shape index (κ1) is 21.8. The van der Waals surface area contributed by atoms with Gasteiger partial charge in [-0.2, -0.15) is 13.2 Å². The van der Waals surface area contributed by atoms with E-state index in [1.807, 2.05) is 12.1 Å². The molecule has 0 fully saturated rings. The zero-order chi connectivity index (χ0) is 19.6. The molecule has 0 unspecified atom stereocenters. The second-order valence-electron chi connectivity index (χ2n) is 5.82. The van der Waals surface area contributed by atoms with Gasteiger partial charge >= 0.3 is 6.18 Å². The average Bonchev–Trinajstić information content (AvgIpc) is 2.57. The van der Waals surface area contributed by atoms with Crippen molar-refractivity contribution in [3.05, 3.63) is 35.4 Å². The van der Waals surface area contributed by atoms with E-state index in [0.29, 0.717) is 31.0 Å². The summed E-state index contributed by atoms with van der Waals surface area (Å²) in [6.07, 6.45) is -3.95. The molecule has 0 aliphatic rings. The Bertz CT molecular complexity index is 587. The van der Waals surface area contributed by atoms with Gasteiger partial charge in [-0.15, -0.1) is 0 Å². The van der Waals surface area contributed by atoms with E-state index in [4.69, 9.17) is 0 Å². The topological polar surface area (TPSA) is 66.0 Å². The van der Waals surface area contributed by atoms with Gasteiger partial charge in [-0.05, 0) is 11.1 Å². The van der Waals surface area contributed by atoms with Gasteiger partial charge in [-0.3, -0.25) is 9.79 Å². The quantitative estimate of drug-likeness (QED) is 0.539. The van der Waals surface area contributed by atoms with Crippen molar-refractivity contribution < 1.29 is 22.7 Å². The molecule has 0 atom stereocenters. The van der Waals surface area contributed by atoms with Crippen molar-refractivity contribution in [3.63, 3.8) is 0 Å². The molecule has 0 saturated carbocycles. The van der Waals surface area contributed by atoms with Crippen molar-refractivity contribution in [3.8, 4) is 0 Å². The first-order valence-electron chi connectivity index (χ1n) is 8.08. The molecule has 1 aromatic rings. The number of alkyl halides is 3. The summed E-state index contributed by atoms with van der Waals surface area (Å²) in [5, 5.41) is 6.15. The molecule has 1 rings (SSSR count). The van der Waals surface area contributed by atoms with Crippen LogP contribution in [0.25, 0.3) is 0 Å². The number of carbonyl (C=O) groups excluding carboxylic acids is 1. The third-order valence-electron chi connectivity index (χ3n) is 3.37. The van der Waals surface area contributed by atoms with E-state index in [2.05, 4.69) is 20.4 Å². The van der Waals surface area contributed by atoms with Crippen LogP contribution in [-0.2, 0) is 22.7 Å². The van der Waals surface area contributed by atoms with E-state index in [1.165, 1.54) is 4.90 Å². The highest BCUT2D eigenvalue weighted by atomic mass is 19.4. The fourth-order valence-corrected chi connectivity index (χ4v) is 1.96. The number of nitrogens with one attached hydrogen (secondary N) is 2. The number of halogens is 3. The van der Waals surface area contributed by atoms with Crippen LogP contribution >= 0.6 is 0 Å². The molecule has 2 N–H and O–H groups in total. The molecule has 0 spiro atoms. The van der Waals surface area contributed by atoms with Crippen molar-refractivity contribution in [1.29, 1.82) is 0 Å². The Hall–Kier alpha value is -2.29. The van der Waals surface area contributed by atoms with Crippen LogP contribution in [-0.4, -0.2) is 57.2 Å². The van der Waals surface area contributed by atoms with Crippen LogP contribution in [0.3, 0.4) is 0 Å². The lowest BCUT2D eigenvalue weighted by molar-refractivity contribution is -0.176. The molecule has 0 aliphatic heterocycles. The highest BCUT2D eigenvalue weighted by Gasteiger charge is 2.27. The highest BCUT2D eigenvalue weighted by Crippen LogP contribution is 2.15. The molecule has 0 heterocycles. The number of guanidine groups is 1. The largest absolute Gasteiger partial charge is 0.411 e. The molecular formula is C17H25F3N4O2. The SMILES string of the molecule is CN=C(NCCC(=O)N(C)C)NCc1ccc(COCC(F)(F)F)cc1. The molecule has 1 aromatic carbocycles. The minimum Gasteiger partial charge on any atom is -0.367 e. The van der Waals surface area contributed by atoms with E-state index >= 15 is 0 Å². The van der Waals surface area contributed by atoms with E-state index in [1.54, 1.807) is 33.3 Å². The van der Waals surface area contributed by atoms with Gasteiger partial charge in [-0.1, -0.05) is 24.3 Å². The zero-order valence-electron chi connectivity index (χ0n) is 15.2. The number of amides is 1. The van der Waals surface area contributed by atoms with Gasteiger partial charge < -0.3 is 20.3 Å². The zero-order valence-corrected chi connectivity index (χ0v) is 15.2. The summed E-state index contributed by atoms with van der Waals surface area (Å²) < 4.78 is 40.7. The summed E-state index contributed by atoms with van der Waals surface area (Å²) >= 11 is 0. The maximum absolute atomic E-state index is 12.0. The first-order chi connectivity index (χ1) is 12.2. The number of hydrogen-bond acceptors (Lipinski definition) is 3. The van der Waals surface area contributed by atoms with Crippen molar-refractivity contribution in [2.24, 2.45) is 4.99 Å². The van der Waals surface area contributed by atoms with Gasteiger partial charge in [0, 0.05) is 40.7 Å². The molecule has 0 saturated heterocycles. The molecular weight excluding hydrogens is 349 g/mol. The monoisotopic (exact) mass is 374 g/mol. The predicted molar refractivity (Wildman–Crippen MR) is 93.7 cm³/mol. The number of hydrogen-bond donors (Lipinski definition) is 2. The number of rotatable bonds is 8. The maximum Gasteiger partial charge on any atom is 0.411 e. The summed E-state index contributed by atoms with van der Waals surface area (Å²) in [5.74, 6) is 0.588. The van der Waals surface area contributed by atoms with Gasteiger partial charge in [0.15, 0.2) is 5.96 Å². The van der Waals surface area contributed by atoms with Crippen LogP contribution in [0.15, 0.2) is 29.3 Å². The lowest BCUT2D eigenvalue weighted by Crippen LogP contribution is -2.38. The third kappa shape index (κ3) is 9.26. The molecule has 26 heavy (non-hydrogen) atoms. The molecule has 0 aliphatic carbocycles. The third-order valence-corrected chi connectivity index (χ3v) is 3.37. The van der Waals surface area contributed by atoms with Gasteiger partial charge in [0.05, 0.1) is 6.61 Å². The smallest absolute Gasteiger partial charge is 0.367 e. The lowest BCUT2D eigenvalue weighted by Gasteiger charge is -2.14. The van der Waals surface area contributed by atoms with Gasteiger partial charge in [0.1, 0.15) is 6.61 Å². The molecule has 146 valence electrons. The second-order valence-corrected chi connectivity index (χ2v) is 5.82. The number of ether oxygens (including phenoxy) is 1. The first-order valence-corrected chi connectivity index (χ1v) is 8.08. The Morgan fingerprint density at radius 3 is 2.31 bits per heavy atom. The fourth-order valence-electron chi connectivity index (χ4n) is 1.96. The number of aliphatic imine (C=N–C) groups is 1. The minimum absolute atomic E-state index is 0.0243. The molecule has 0 aromatic heterocycles. The number of carbonyl (C=O) groups is 1. The van der Waals surface area contributed by atoms with Crippen LogP contribution < -0.4 is 10.6 Å². The maximum atomic E-state index is 12.0. The fraction of sp³-hybridized carbons (Fsp3) is 0.529. The van der Waals surface area contributed by atoms with Gasteiger partial charge in [-0.25, -0.2) is 0 Å². The predicted octanol–water partition coefficient (Wildman–Crippen LogP) is 1.91. The normalized spacial score (nSPS) is 12.0. The molecule has 9 heteroatoms. The van der Waals surface area contributed by atoms with Crippen LogP contribution in [0, 0.1) is 0 Å². The molecule has 0 bridgehead atoms. The lowest BCUT2D eigenvalue weighted by atomic mass is 10.1. The molecule has 1 amide bonds. The van der Waals surface area contributed by atoms with Crippen LogP contribution in [0.5, 0.6) is 0 Å². The Kier molecular flexibility index (Phi) is 8.91. The number of benzene rings is 1. The summed E-state index contributed by atoms with van der Waals surface area (Å²) in [5.41, 5.74) is 1.61. The van der Waals surface area contributed by atoms with Crippen molar-refractivity contribution in [2.45, 2.75) is 25.7 Å². The standard InChI is InChI=1S/C17H25F3N4O2/c1-21-16(22-9-8-15(25)24(2)3)23-10-13-4-6-14(7-5-13)11-26-12-17(18,19)20/h4-7H,8-12H2,1-3H3,(H2,21,22,23). The number of nitrogens with zero attached hydrogens (tertiary/aromatic N) is 2. The van der Waals surface area contributed by atoms with Gasteiger partial charge in [0.25, 0.3) is 0 Å². The summed E-state index contributed by atoms with van der Waals surface area (Å²) in [4.78, 5) is 17.1. The van der Waals surface area contributed by atoms with E-state index < -0.39 is 12.8 Å².